The van der Waals surface area contributed by atoms with Crippen molar-refractivity contribution >= 4 is 0 Å². The molecule has 0 fully saturated rings. The highest BCUT2D eigenvalue weighted by Gasteiger charge is 1.96. The molecular formula is C11H17NO. The fraction of sp³-hybridized carbons (Fsp3) is 0.455. The van der Waals surface area contributed by atoms with E-state index in [2.05, 4.69) is 19.1 Å². The molecular weight excluding hydrogens is 162 g/mol. The predicted octanol–water partition coefficient (Wildman–Crippen LogP) is 1.98. The fourth-order valence-corrected chi connectivity index (χ4v) is 1.05. The zero-order valence-electron chi connectivity index (χ0n) is 8.29. The lowest BCUT2D eigenvalue weighted by Crippen LogP contribution is -2.23. The number of ether oxygens (including phenoxy) is 1. The number of rotatable bonds is 4. The maximum absolute atomic E-state index is 5.57. The zero-order chi connectivity index (χ0) is 9.68. The molecule has 0 radical (unpaired) electrons. The molecule has 0 bridgehead atoms. The van der Waals surface area contributed by atoms with Gasteiger partial charge in [0.25, 0.3) is 0 Å². The van der Waals surface area contributed by atoms with Crippen LogP contribution < -0.4 is 10.5 Å². The minimum atomic E-state index is 0.0888. The highest BCUT2D eigenvalue weighted by atomic mass is 16.5. The summed E-state index contributed by atoms with van der Waals surface area (Å²) in [6.07, 6.45) is 1.06. The van der Waals surface area contributed by atoms with E-state index in [1.807, 2.05) is 19.1 Å². The second-order valence-electron chi connectivity index (χ2n) is 3.29. The molecule has 0 aliphatic rings. The molecule has 1 atom stereocenters. The molecule has 0 heterocycles. The summed E-state index contributed by atoms with van der Waals surface area (Å²) in [4.78, 5) is 0. The van der Waals surface area contributed by atoms with Crippen LogP contribution in [0.25, 0.3) is 0 Å². The van der Waals surface area contributed by atoms with E-state index in [4.69, 9.17) is 10.5 Å². The standard InChI is InChI=1S/C11H17NO/c1-3-10-4-6-11(7-5-10)13-8-9(2)12/h4-7,9H,3,8,12H2,1-2H3. The Labute approximate surface area is 79.7 Å². The highest BCUT2D eigenvalue weighted by molar-refractivity contribution is 5.27. The second kappa shape index (κ2) is 4.87. The van der Waals surface area contributed by atoms with Crippen molar-refractivity contribution in [3.63, 3.8) is 0 Å². The van der Waals surface area contributed by atoms with Crippen molar-refractivity contribution in [2.45, 2.75) is 26.3 Å². The Morgan fingerprint density at radius 1 is 1.31 bits per heavy atom. The Balaban J connectivity index is 2.49. The van der Waals surface area contributed by atoms with Crippen molar-refractivity contribution in [3.8, 4) is 5.75 Å². The van der Waals surface area contributed by atoms with Crippen LogP contribution in [0.4, 0.5) is 0 Å². The predicted molar refractivity (Wildman–Crippen MR) is 55.0 cm³/mol. The molecule has 0 amide bonds. The Morgan fingerprint density at radius 2 is 1.92 bits per heavy atom. The largest absolute Gasteiger partial charge is 0.492 e. The average Bonchev–Trinajstić information content (AvgIpc) is 2.15. The minimum absolute atomic E-state index is 0.0888. The van der Waals surface area contributed by atoms with E-state index in [0.29, 0.717) is 6.61 Å². The van der Waals surface area contributed by atoms with Gasteiger partial charge in [0.2, 0.25) is 0 Å². The lowest BCUT2D eigenvalue weighted by Gasteiger charge is -2.08. The topological polar surface area (TPSA) is 35.2 Å². The average molecular weight is 179 g/mol. The number of aryl methyl sites for hydroxylation is 1. The SMILES string of the molecule is CCc1ccc(OCC(C)N)cc1. The monoisotopic (exact) mass is 179 g/mol. The van der Waals surface area contributed by atoms with Gasteiger partial charge >= 0.3 is 0 Å². The quantitative estimate of drug-likeness (QED) is 0.767. The molecule has 72 valence electrons. The zero-order valence-corrected chi connectivity index (χ0v) is 8.29. The molecule has 13 heavy (non-hydrogen) atoms. The Bertz CT molecular complexity index is 241. The summed E-state index contributed by atoms with van der Waals surface area (Å²) in [6, 6.07) is 8.22. The van der Waals surface area contributed by atoms with Gasteiger partial charge < -0.3 is 10.5 Å². The molecule has 0 spiro atoms. The first-order valence-corrected chi connectivity index (χ1v) is 4.69. The molecule has 0 aromatic heterocycles. The van der Waals surface area contributed by atoms with Gasteiger partial charge in [-0.1, -0.05) is 19.1 Å². The van der Waals surface area contributed by atoms with Crippen LogP contribution in [0.1, 0.15) is 19.4 Å². The summed E-state index contributed by atoms with van der Waals surface area (Å²) in [5.41, 5.74) is 6.90. The third-order valence-corrected chi connectivity index (χ3v) is 1.84. The van der Waals surface area contributed by atoms with Crippen LogP contribution in [-0.4, -0.2) is 12.6 Å². The molecule has 0 saturated heterocycles. The molecule has 0 aliphatic carbocycles. The number of hydrogen-bond acceptors (Lipinski definition) is 2. The summed E-state index contributed by atoms with van der Waals surface area (Å²) in [5.74, 6) is 0.898. The molecule has 2 heteroatoms. The van der Waals surface area contributed by atoms with E-state index in [9.17, 15) is 0 Å². The maximum atomic E-state index is 5.57. The van der Waals surface area contributed by atoms with Gasteiger partial charge in [0.15, 0.2) is 0 Å². The van der Waals surface area contributed by atoms with Crippen LogP contribution in [0.15, 0.2) is 24.3 Å². The van der Waals surface area contributed by atoms with Crippen molar-refractivity contribution in [2.75, 3.05) is 6.61 Å². The summed E-state index contributed by atoms with van der Waals surface area (Å²) in [7, 11) is 0. The minimum Gasteiger partial charge on any atom is -0.492 e. The maximum Gasteiger partial charge on any atom is 0.119 e. The Hall–Kier alpha value is -1.02. The summed E-state index contributed by atoms with van der Waals surface area (Å²) >= 11 is 0. The lowest BCUT2D eigenvalue weighted by atomic mass is 10.2. The van der Waals surface area contributed by atoms with Crippen LogP contribution in [-0.2, 0) is 6.42 Å². The summed E-state index contributed by atoms with van der Waals surface area (Å²) in [6.45, 7) is 4.64. The Morgan fingerprint density at radius 3 is 2.38 bits per heavy atom. The van der Waals surface area contributed by atoms with Crippen molar-refractivity contribution in [2.24, 2.45) is 5.73 Å². The van der Waals surface area contributed by atoms with E-state index in [-0.39, 0.29) is 6.04 Å². The highest BCUT2D eigenvalue weighted by Crippen LogP contribution is 2.12. The molecule has 0 saturated carbocycles. The van der Waals surface area contributed by atoms with E-state index in [1.54, 1.807) is 0 Å². The van der Waals surface area contributed by atoms with E-state index in [0.717, 1.165) is 12.2 Å². The number of nitrogens with two attached hydrogens (primary N) is 1. The first-order chi connectivity index (χ1) is 6.22. The van der Waals surface area contributed by atoms with Crippen molar-refractivity contribution in [1.82, 2.24) is 0 Å². The van der Waals surface area contributed by atoms with Crippen LogP contribution in [0.3, 0.4) is 0 Å². The molecule has 2 nitrogen and oxygen atoms in total. The first kappa shape index (κ1) is 10.1. The Kier molecular flexibility index (Phi) is 3.77. The van der Waals surface area contributed by atoms with Crippen LogP contribution in [0, 0.1) is 0 Å². The molecule has 1 aromatic carbocycles. The molecule has 1 rings (SSSR count). The summed E-state index contributed by atoms with van der Waals surface area (Å²) < 4.78 is 5.44. The van der Waals surface area contributed by atoms with Gasteiger partial charge in [-0.25, -0.2) is 0 Å². The van der Waals surface area contributed by atoms with E-state index >= 15 is 0 Å². The third kappa shape index (κ3) is 3.47. The fourth-order valence-electron chi connectivity index (χ4n) is 1.05. The summed E-state index contributed by atoms with van der Waals surface area (Å²) in [5, 5.41) is 0. The smallest absolute Gasteiger partial charge is 0.119 e. The normalized spacial score (nSPS) is 12.5. The van der Waals surface area contributed by atoms with Crippen LogP contribution >= 0.6 is 0 Å². The third-order valence-electron chi connectivity index (χ3n) is 1.84. The van der Waals surface area contributed by atoms with Crippen molar-refractivity contribution < 1.29 is 4.74 Å². The van der Waals surface area contributed by atoms with Crippen molar-refractivity contribution in [1.29, 1.82) is 0 Å². The number of hydrogen-bond donors (Lipinski definition) is 1. The van der Waals surface area contributed by atoms with E-state index < -0.39 is 0 Å². The molecule has 1 aromatic rings. The van der Waals surface area contributed by atoms with Gasteiger partial charge in [-0.3, -0.25) is 0 Å². The van der Waals surface area contributed by atoms with Crippen LogP contribution in [0.5, 0.6) is 5.75 Å². The second-order valence-corrected chi connectivity index (χ2v) is 3.29. The molecule has 0 aliphatic heterocycles. The molecule has 1 unspecified atom stereocenters. The van der Waals surface area contributed by atoms with Gasteiger partial charge in [-0.05, 0) is 31.0 Å². The van der Waals surface area contributed by atoms with Gasteiger partial charge in [-0.15, -0.1) is 0 Å². The van der Waals surface area contributed by atoms with Gasteiger partial charge in [0.1, 0.15) is 12.4 Å². The van der Waals surface area contributed by atoms with Crippen LogP contribution in [0.2, 0.25) is 0 Å². The van der Waals surface area contributed by atoms with Gasteiger partial charge in [0.05, 0.1) is 0 Å². The van der Waals surface area contributed by atoms with Gasteiger partial charge in [-0.2, -0.15) is 0 Å². The first-order valence-electron chi connectivity index (χ1n) is 4.69. The lowest BCUT2D eigenvalue weighted by molar-refractivity contribution is 0.296. The van der Waals surface area contributed by atoms with Gasteiger partial charge in [0, 0.05) is 6.04 Å². The van der Waals surface area contributed by atoms with Crippen molar-refractivity contribution in [3.05, 3.63) is 29.8 Å². The molecule has 2 N–H and O–H groups in total. The van der Waals surface area contributed by atoms with E-state index in [1.165, 1.54) is 5.56 Å². The number of benzene rings is 1.